The molecule has 2 aromatic heterocycles. The smallest absolute Gasteiger partial charge is 0.232 e. The van der Waals surface area contributed by atoms with E-state index >= 15 is 0 Å². The van der Waals surface area contributed by atoms with Gasteiger partial charge in [0.25, 0.3) is 0 Å². The molecule has 1 aliphatic heterocycles. The summed E-state index contributed by atoms with van der Waals surface area (Å²) >= 11 is 1.56. The largest absolute Gasteiger partial charge is 0.454 e. The first kappa shape index (κ1) is 12.2. The van der Waals surface area contributed by atoms with Gasteiger partial charge in [-0.05, 0) is 25.1 Å². The van der Waals surface area contributed by atoms with Crippen LogP contribution in [0.5, 0.6) is 23.1 Å². The Morgan fingerprint density at radius 2 is 2.05 bits per heavy atom. The average Bonchev–Trinajstić information content (AvgIpc) is 3.03. The zero-order valence-corrected chi connectivity index (χ0v) is 11.9. The molecule has 2 N–H and O–H groups in total. The van der Waals surface area contributed by atoms with Crippen molar-refractivity contribution in [1.82, 2.24) is 9.97 Å². The highest BCUT2D eigenvalue weighted by Crippen LogP contribution is 2.38. The van der Waals surface area contributed by atoms with Crippen molar-refractivity contribution in [2.24, 2.45) is 0 Å². The number of hydrogen-bond acceptors (Lipinski definition) is 7. The van der Waals surface area contributed by atoms with Crippen LogP contribution in [0.4, 0.5) is 5.95 Å². The Bertz CT molecular complexity index is 847. The number of aryl methyl sites for hydroxylation is 1. The van der Waals surface area contributed by atoms with E-state index in [-0.39, 0.29) is 12.7 Å². The van der Waals surface area contributed by atoms with Gasteiger partial charge in [-0.2, -0.15) is 4.98 Å². The van der Waals surface area contributed by atoms with Gasteiger partial charge < -0.3 is 19.9 Å². The first-order chi connectivity index (χ1) is 10.2. The maximum atomic E-state index is 5.85. The minimum atomic E-state index is 0.195. The molecule has 0 radical (unpaired) electrons. The van der Waals surface area contributed by atoms with Gasteiger partial charge in [-0.1, -0.05) is 0 Å². The average molecular weight is 301 g/mol. The van der Waals surface area contributed by atoms with Gasteiger partial charge in [0.2, 0.25) is 18.6 Å². The van der Waals surface area contributed by atoms with Crippen LogP contribution >= 0.6 is 11.3 Å². The molecule has 0 atom stereocenters. The number of thiophene rings is 1. The normalized spacial score (nSPS) is 12.8. The number of ether oxygens (including phenoxy) is 3. The summed E-state index contributed by atoms with van der Waals surface area (Å²) in [5.74, 6) is 2.62. The minimum Gasteiger partial charge on any atom is -0.454 e. The lowest BCUT2D eigenvalue weighted by atomic mass is 10.3. The highest BCUT2D eigenvalue weighted by atomic mass is 32.1. The maximum Gasteiger partial charge on any atom is 0.232 e. The molecule has 7 heteroatoms. The van der Waals surface area contributed by atoms with E-state index in [1.165, 1.54) is 0 Å². The number of benzene rings is 1. The van der Waals surface area contributed by atoms with E-state index in [4.69, 9.17) is 19.9 Å². The topological polar surface area (TPSA) is 79.5 Å². The Morgan fingerprint density at radius 1 is 1.19 bits per heavy atom. The van der Waals surface area contributed by atoms with Crippen LogP contribution in [-0.4, -0.2) is 16.8 Å². The highest BCUT2D eigenvalue weighted by molar-refractivity contribution is 7.18. The molecule has 0 saturated carbocycles. The molecule has 21 heavy (non-hydrogen) atoms. The summed E-state index contributed by atoms with van der Waals surface area (Å²) in [6.07, 6.45) is 0. The summed E-state index contributed by atoms with van der Waals surface area (Å²) in [5.41, 5.74) is 5.74. The Labute approximate surface area is 124 Å². The van der Waals surface area contributed by atoms with Crippen molar-refractivity contribution in [1.29, 1.82) is 0 Å². The van der Waals surface area contributed by atoms with Crippen molar-refractivity contribution in [3.8, 4) is 23.1 Å². The van der Waals surface area contributed by atoms with Gasteiger partial charge in [-0.25, -0.2) is 4.98 Å². The number of rotatable bonds is 2. The van der Waals surface area contributed by atoms with Gasteiger partial charge in [-0.15, -0.1) is 11.3 Å². The Hall–Kier alpha value is -2.54. The van der Waals surface area contributed by atoms with Crippen molar-refractivity contribution in [2.75, 3.05) is 12.5 Å². The number of anilines is 1. The van der Waals surface area contributed by atoms with Crippen LogP contribution in [0.2, 0.25) is 0 Å². The van der Waals surface area contributed by atoms with Gasteiger partial charge in [-0.3, -0.25) is 0 Å². The monoisotopic (exact) mass is 301 g/mol. The molecule has 0 spiro atoms. The second kappa shape index (κ2) is 4.49. The minimum absolute atomic E-state index is 0.195. The van der Waals surface area contributed by atoms with Crippen LogP contribution in [0, 0.1) is 6.92 Å². The standard InChI is InChI=1S/C14H11N3O3S/c1-7-4-9-12(16-14(15)17-13(9)21-7)20-8-2-3-10-11(5-8)19-6-18-10/h2-5H,6H2,1H3,(H2,15,16,17). The lowest BCUT2D eigenvalue weighted by Crippen LogP contribution is -1.97. The zero-order valence-electron chi connectivity index (χ0n) is 11.1. The molecule has 0 fully saturated rings. The second-order valence-corrected chi connectivity index (χ2v) is 5.81. The van der Waals surface area contributed by atoms with Crippen molar-refractivity contribution >= 4 is 27.5 Å². The number of nitrogens with zero attached hydrogens (tertiary/aromatic N) is 2. The fraction of sp³-hybridized carbons (Fsp3) is 0.143. The van der Waals surface area contributed by atoms with Gasteiger partial charge in [0.05, 0.1) is 5.39 Å². The summed E-state index contributed by atoms with van der Waals surface area (Å²) in [7, 11) is 0. The SMILES string of the molecule is Cc1cc2c(Oc3ccc4c(c3)OCO4)nc(N)nc2s1. The van der Waals surface area contributed by atoms with Crippen molar-refractivity contribution in [3.05, 3.63) is 29.1 Å². The van der Waals surface area contributed by atoms with Gasteiger partial charge in [0.15, 0.2) is 11.5 Å². The summed E-state index contributed by atoms with van der Waals surface area (Å²) in [4.78, 5) is 10.3. The van der Waals surface area contributed by atoms with E-state index in [1.54, 1.807) is 29.5 Å². The van der Waals surface area contributed by atoms with Gasteiger partial charge in [0, 0.05) is 10.9 Å². The lowest BCUT2D eigenvalue weighted by molar-refractivity contribution is 0.174. The molecule has 0 bridgehead atoms. The number of nitrogen functional groups attached to an aromatic ring is 1. The molecule has 1 aromatic carbocycles. The Morgan fingerprint density at radius 3 is 2.95 bits per heavy atom. The van der Waals surface area contributed by atoms with Crippen LogP contribution in [-0.2, 0) is 0 Å². The third-order valence-corrected chi connectivity index (χ3v) is 4.00. The van der Waals surface area contributed by atoms with Crippen LogP contribution < -0.4 is 19.9 Å². The molecule has 0 saturated heterocycles. The lowest BCUT2D eigenvalue weighted by Gasteiger charge is -2.07. The van der Waals surface area contributed by atoms with Crippen LogP contribution in [0.25, 0.3) is 10.2 Å². The van der Waals surface area contributed by atoms with Crippen molar-refractivity contribution < 1.29 is 14.2 Å². The fourth-order valence-corrected chi connectivity index (χ4v) is 3.04. The quantitative estimate of drug-likeness (QED) is 0.783. The maximum absolute atomic E-state index is 5.85. The number of aromatic nitrogens is 2. The Balaban J connectivity index is 1.77. The first-order valence-corrected chi connectivity index (χ1v) is 7.12. The predicted molar refractivity (Wildman–Crippen MR) is 79.2 cm³/mol. The van der Waals surface area contributed by atoms with E-state index < -0.39 is 0 Å². The molecule has 0 unspecified atom stereocenters. The summed E-state index contributed by atoms with van der Waals surface area (Å²) in [6, 6.07) is 7.36. The molecule has 4 rings (SSSR count). The molecule has 1 aliphatic rings. The van der Waals surface area contributed by atoms with Gasteiger partial charge in [0.1, 0.15) is 10.6 Å². The summed E-state index contributed by atoms with van der Waals surface area (Å²) in [6.45, 7) is 2.24. The zero-order chi connectivity index (χ0) is 14.4. The molecule has 106 valence electrons. The number of hydrogen-bond donors (Lipinski definition) is 1. The first-order valence-electron chi connectivity index (χ1n) is 6.30. The van der Waals surface area contributed by atoms with Crippen LogP contribution in [0.1, 0.15) is 4.88 Å². The highest BCUT2D eigenvalue weighted by Gasteiger charge is 2.16. The summed E-state index contributed by atoms with van der Waals surface area (Å²) < 4.78 is 16.5. The molecule has 6 nitrogen and oxygen atoms in total. The molecule has 0 aliphatic carbocycles. The molecule has 0 amide bonds. The third-order valence-electron chi connectivity index (χ3n) is 3.06. The van der Waals surface area contributed by atoms with Gasteiger partial charge >= 0.3 is 0 Å². The molecule has 3 aromatic rings. The number of fused-ring (bicyclic) bond motifs is 2. The number of nitrogens with two attached hydrogens (primary N) is 1. The second-order valence-electron chi connectivity index (χ2n) is 4.58. The fourth-order valence-electron chi connectivity index (χ4n) is 2.16. The van der Waals surface area contributed by atoms with E-state index in [0.717, 1.165) is 15.1 Å². The molecular weight excluding hydrogens is 290 g/mol. The van der Waals surface area contributed by atoms with E-state index in [0.29, 0.717) is 23.1 Å². The van der Waals surface area contributed by atoms with Crippen LogP contribution in [0.3, 0.4) is 0 Å². The third kappa shape index (κ3) is 2.11. The van der Waals surface area contributed by atoms with E-state index in [1.807, 2.05) is 13.0 Å². The van der Waals surface area contributed by atoms with Crippen molar-refractivity contribution in [2.45, 2.75) is 6.92 Å². The van der Waals surface area contributed by atoms with Crippen LogP contribution in [0.15, 0.2) is 24.3 Å². The molecular formula is C14H11N3O3S. The van der Waals surface area contributed by atoms with E-state index in [9.17, 15) is 0 Å². The molecule has 3 heterocycles. The Kier molecular flexibility index (Phi) is 2.61. The predicted octanol–water partition coefficient (Wildman–Crippen LogP) is 3.10. The van der Waals surface area contributed by atoms with Crippen molar-refractivity contribution in [3.63, 3.8) is 0 Å². The van der Waals surface area contributed by atoms with E-state index in [2.05, 4.69) is 9.97 Å². The summed E-state index contributed by atoms with van der Waals surface area (Å²) in [5, 5.41) is 0.851.